The Bertz CT molecular complexity index is 1340. The lowest BCUT2D eigenvalue weighted by Crippen LogP contribution is -2.48. The van der Waals surface area contributed by atoms with Crippen molar-refractivity contribution in [3.05, 3.63) is 46.6 Å². The number of hydrogen-bond donors (Lipinski definition) is 1. The van der Waals surface area contributed by atoms with Gasteiger partial charge in [-0.25, -0.2) is 0 Å². The van der Waals surface area contributed by atoms with E-state index in [2.05, 4.69) is 4.90 Å². The van der Waals surface area contributed by atoms with Crippen molar-refractivity contribution in [2.75, 3.05) is 46.9 Å². The van der Waals surface area contributed by atoms with Crippen LogP contribution in [-0.4, -0.2) is 73.9 Å². The molecule has 196 valence electrons. The number of rotatable bonds is 7. The summed E-state index contributed by atoms with van der Waals surface area (Å²) in [5.41, 5.74) is 0.422. The van der Waals surface area contributed by atoms with E-state index in [9.17, 15) is 14.7 Å². The number of fused-ring (bicyclic) bond motifs is 1. The van der Waals surface area contributed by atoms with E-state index in [0.717, 1.165) is 38.8 Å². The first-order valence-electron chi connectivity index (χ1n) is 12.7. The lowest BCUT2D eigenvalue weighted by atomic mass is 10.1. The molecule has 0 bridgehead atoms. The predicted molar refractivity (Wildman–Crippen MR) is 139 cm³/mol. The normalized spacial score (nSPS) is 16.8. The minimum Gasteiger partial charge on any atom is -0.507 e. The van der Waals surface area contributed by atoms with Gasteiger partial charge in [-0.15, -0.1) is 0 Å². The van der Waals surface area contributed by atoms with Gasteiger partial charge >= 0.3 is 0 Å². The van der Waals surface area contributed by atoms with Crippen molar-refractivity contribution >= 4 is 16.9 Å². The van der Waals surface area contributed by atoms with Crippen LogP contribution in [0.3, 0.4) is 0 Å². The zero-order valence-electron chi connectivity index (χ0n) is 21.2. The van der Waals surface area contributed by atoms with Crippen LogP contribution in [0.2, 0.25) is 0 Å². The van der Waals surface area contributed by atoms with Gasteiger partial charge in [-0.1, -0.05) is 0 Å². The molecule has 0 unspecified atom stereocenters. The van der Waals surface area contributed by atoms with E-state index in [-0.39, 0.29) is 46.5 Å². The Morgan fingerprint density at radius 2 is 1.81 bits per heavy atom. The Morgan fingerprint density at radius 1 is 1.05 bits per heavy atom. The second-order valence-electron chi connectivity index (χ2n) is 9.65. The molecule has 0 spiro atoms. The molecule has 9 nitrogen and oxygen atoms in total. The molecule has 0 atom stereocenters. The third-order valence-electron chi connectivity index (χ3n) is 7.05. The highest BCUT2D eigenvalue weighted by Crippen LogP contribution is 2.37. The summed E-state index contributed by atoms with van der Waals surface area (Å²) in [4.78, 5) is 29.4. The fourth-order valence-corrected chi connectivity index (χ4v) is 4.87. The van der Waals surface area contributed by atoms with Crippen LogP contribution in [0.1, 0.15) is 25.7 Å². The summed E-state index contributed by atoms with van der Waals surface area (Å²) in [6.45, 7) is 2.76. The number of methoxy groups -OCH3 is 1. The first kappa shape index (κ1) is 25.0. The molecule has 1 N–H and O–H groups in total. The molecule has 1 aromatic heterocycles. The average molecular weight is 509 g/mol. The number of likely N-dealkylation sites (N-methyl/N-ethyl adjacent to an activating group) is 1. The van der Waals surface area contributed by atoms with Gasteiger partial charge in [0.05, 0.1) is 13.2 Å². The van der Waals surface area contributed by atoms with Gasteiger partial charge in [0.25, 0.3) is 5.91 Å². The van der Waals surface area contributed by atoms with E-state index < -0.39 is 0 Å². The number of amides is 1. The fraction of sp³-hybridized carbons (Fsp3) is 0.429. The number of phenols is 1. The molecule has 37 heavy (non-hydrogen) atoms. The molecule has 2 aromatic carbocycles. The van der Waals surface area contributed by atoms with Crippen molar-refractivity contribution < 1.29 is 28.5 Å². The van der Waals surface area contributed by atoms with Crippen LogP contribution in [0.4, 0.5) is 0 Å². The van der Waals surface area contributed by atoms with Gasteiger partial charge in [-0.3, -0.25) is 9.59 Å². The van der Waals surface area contributed by atoms with E-state index in [1.807, 2.05) is 7.05 Å². The van der Waals surface area contributed by atoms with E-state index in [1.165, 1.54) is 18.2 Å². The zero-order valence-corrected chi connectivity index (χ0v) is 21.2. The molecule has 9 heteroatoms. The summed E-state index contributed by atoms with van der Waals surface area (Å²) in [5, 5.41) is 10.6. The SMILES string of the molecule is COc1ccc(-c2cc(=O)c3c(O)cc(OCC(=O)N4CCN(C)CC4)cc3o2)cc1OC1CCCC1. The number of phenolic OH excluding ortho intramolecular Hbond substituents is 1. The van der Waals surface area contributed by atoms with Crippen LogP contribution in [0.5, 0.6) is 23.0 Å². The first-order chi connectivity index (χ1) is 17.9. The van der Waals surface area contributed by atoms with Gasteiger partial charge in [0, 0.05) is 49.9 Å². The summed E-state index contributed by atoms with van der Waals surface area (Å²) in [5.74, 6) is 1.37. The molecule has 2 fully saturated rings. The zero-order chi connectivity index (χ0) is 25.9. The molecule has 1 aliphatic heterocycles. The molecular formula is C28H32N2O7. The maximum absolute atomic E-state index is 12.9. The van der Waals surface area contributed by atoms with Crippen molar-refractivity contribution in [1.29, 1.82) is 0 Å². The Labute approximate surface area is 215 Å². The number of hydrogen-bond acceptors (Lipinski definition) is 8. The predicted octanol–water partition coefficient (Wildman–Crippen LogP) is 3.65. The summed E-state index contributed by atoms with van der Waals surface area (Å²) in [6, 6.07) is 9.58. The van der Waals surface area contributed by atoms with Gasteiger partial charge in [-0.05, 0) is 50.9 Å². The molecule has 1 aliphatic carbocycles. The third kappa shape index (κ3) is 5.51. The standard InChI is InChI=1S/C28H32N2O7/c1-29-9-11-30(12-10-29)27(33)17-35-20-14-21(31)28-22(32)16-24(37-26(28)15-20)18-7-8-23(34-2)25(13-18)36-19-5-3-4-6-19/h7-8,13-16,19,31H,3-6,9-12,17H2,1-2H3. The number of aromatic hydroxyl groups is 1. The Kier molecular flexibility index (Phi) is 7.23. The molecular weight excluding hydrogens is 476 g/mol. The van der Waals surface area contributed by atoms with Crippen LogP contribution < -0.4 is 19.6 Å². The Balaban J connectivity index is 1.40. The van der Waals surface area contributed by atoms with Crippen LogP contribution in [0, 0.1) is 0 Å². The van der Waals surface area contributed by atoms with Crippen LogP contribution in [0.15, 0.2) is 45.6 Å². The highest BCUT2D eigenvalue weighted by atomic mass is 16.5. The van der Waals surface area contributed by atoms with Crippen molar-refractivity contribution in [1.82, 2.24) is 9.80 Å². The third-order valence-corrected chi connectivity index (χ3v) is 7.05. The van der Waals surface area contributed by atoms with E-state index >= 15 is 0 Å². The molecule has 2 aliphatic rings. The fourth-order valence-electron chi connectivity index (χ4n) is 4.87. The number of piperazine rings is 1. The van der Waals surface area contributed by atoms with Crippen LogP contribution >= 0.6 is 0 Å². The summed E-state index contributed by atoms with van der Waals surface area (Å²) in [7, 11) is 3.61. The smallest absolute Gasteiger partial charge is 0.260 e. The number of benzene rings is 2. The highest BCUT2D eigenvalue weighted by Gasteiger charge is 2.21. The van der Waals surface area contributed by atoms with E-state index in [1.54, 1.807) is 30.2 Å². The summed E-state index contributed by atoms with van der Waals surface area (Å²) >= 11 is 0. The Morgan fingerprint density at radius 3 is 2.54 bits per heavy atom. The van der Waals surface area contributed by atoms with E-state index in [0.29, 0.717) is 35.9 Å². The van der Waals surface area contributed by atoms with Crippen molar-refractivity contribution in [2.45, 2.75) is 31.8 Å². The highest BCUT2D eigenvalue weighted by molar-refractivity contribution is 5.86. The van der Waals surface area contributed by atoms with Gasteiger partial charge in [0.15, 0.2) is 23.5 Å². The molecule has 3 aromatic rings. The number of ether oxygens (including phenoxy) is 3. The molecule has 1 saturated carbocycles. The average Bonchev–Trinajstić information content (AvgIpc) is 3.40. The van der Waals surface area contributed by atoms with Gasteiger partial charge < -0.3 is 33.5 Å². The number of carbonyl (C=O) groups is 1. The summed E-state index contributed by atoms with van der Waals surface area (Å²) < 4.78 is 23.4. The summed E-state index contributed by atoms with van der Waals surface area (Å²) in [6.07, 6.45) is 4.41. The monoisotopic (exact) mass is 508 g/mol. The minimum absolute atomic E-state index is 0.0532. The van der Waals surface area contributed by atoms with Gasteiger partial charge in [-0.2, -0.15) is 0 Å². The molecule has 2 heterocycles. The second kappa shape index (κ2) is 10.7. The topological polar surface area (TPSA) is 102 Å². The van der Waals surface area contributed by atoms with Gasteiger partial charge in [0.1, 0.15) is 28.2 Å². The maximum atomic E-state index is 12.9. The maximum Gasteiger partial charge on any atom is 0.260 e. The Hall–Kier alpha value is -3.72. The number of carbonyl (C=O) groups excluding carboxylic acids is 1. The van der Waals surface area contributed by atoms with Crippen LogP contribution in [0.25, 0.3) is 22.3 Å². The molecule has 0 radical (unpaired) electrons. The minimum atomic E-state index is -0.386. The number of nitrogens with zero attached hydrogens (tertiary/aromatic N) is 2. The van der Waals surface area contributed by atoms with E-state index in [4.69, 9.17) is 18.6 Å². The second-order valence-corrected chi connectivity index (χ2v) is 9.65. The quantitative estimate of drug-likeness (QED) is 0.516. The molecule has 5 rings (SSSR count). The van der Waals surface area contributed by atoms with Crippen molar-refractivity contribution in [3.8, 4) is 34.3 Å². The van der Waals surface area contributed by atoms with Crippen LogP contribution in [-0.2, 0) is 4.79 Å². The molecule has 1 amide bonds. The first-order valence-corrected chi connectivity index (χ1v) is 12.7. The largest absolute Gasteiger partial charge is 0.507 e. The molecule has 1 saturated heterocycles. The van der Waals surface area contributed by atoms with Crippen molar-refractivity contribution in [3.63, 3.8) is 0 Å². The lowest BCUT2D eigenvalue weighted by Gasteiger charge is -2.32. The van der Waals surface area contributed by atoms with Crippen molar-refractivity contribution in [2.24, 2.45) is 0 Å². The lowest BCUT2D eigenvalue weighted by molar-refractivity contribution is -0.134. The van der Waals surface area contributed by atoms with Gasteiger partial charge in [0.2, 0.25) is 0 Å².